The van der Waals surface area contributed by atoms with Crippen molar-refractivity contribution < 1.29 is 19.1 Å². The molecule has 0 saturated carbocycles. The van der Waals surface area contributed by atoms with Crippen molar-refractivity contribution in [2.75, 3.05) is 14.2 Å². The minimum Gasteiger partial charge on any atom is -0.469 e. The van der Waals surface area contributed by atoms with Crippen LogP contribution < -0.4 is 0 Å². The highest BCUT2D eigenvalue weighted by atomic mass is 16.5. The summed E-state index contributed by atoms with van der Waals surface area (Å²) in [5.41, 5.74) is 0.362. The Bertz CT molecular complexity index is 230. The van der Waals surface area contributed by atoms with Crippen molar-refractivity contribution in [1.29, 1.82) is 0 Å². The van der Waals surface area contributed by atoms with Crippen LogP contribution in [0.3, 0.4) is 0 Å². The molecule has 4 nitrogen and oxygen atoms in total. The number of rotatable bonds is 5. The van der Waals surface area contributed by atoms with E-state index in [1.165, 1.54) is 14.2 Å². The molecular weight excluding hydrogens is 184 g/mol. The van der Waals surface area contributed by atoms with Gasteiger partial charge in [-0.1, -0.05) is 19.4 Å². The Kier molecular flexibility index (Phi) is 6.45. The van der Waals surface area contributed by atoms with Crippen molar-refractivity contribution in [1.82, 2.24) is 0 Å². The topological polar surface area (TPSA) is 52.6 Å². The second-order valence-electron chi connectivity index (χ2n) is 2.76. The summed E-state index contributed by atoms with van der Waals surface area (Å²) in [5.74, 6) is -0.901. The Morgan fingerprint density at radius 2 is 1.86 bits per heavy atom. The van der Waals surface area contributed by atoms with Crippen molar-refractivity contribution in [3.8, 4) is 0 Å². The van der Waals surface area contributed by atoms with Crippen LogP contribution in [0, 0.1) is 0 Å². The second kappa shape index (κ2) is 7.12. The molecule has 0 unspecified atom stereocenters. The maximum atomic E-state index is 11.2. The van der Waals surface area contributed by atoms with E-state index in [9.17, 15) is 9.59 Å². The van der Waals surface area contributed by atoms with Crippen LogP contribution in [0.2, 0.25) is 0 Å². The summed E-state index contributed by atoms with van der Waals surface area (Å²) >= 11 is 0. The highest BCUT2D eigenvalue weighted by molar-refractivity contribution is 5.93. The zero-order valence-electron chi connectivity index (χ0n) is 8.83. The van der Waals surface area contributed by atoms with Gasteiger partial charge >= 0.3 is 11.9 Å². The lowest BCUT2D eigenvalue weighted by Gasteiger charge is -2.03. The summed E-state index contributed by atoms with van der Waals surface area (Å²) < 4.78 is 9.01. The Morgan fingerprint density at radius 1 is 1.21 bits per heavy atom. The average Bonchev–Trinajstić information content (AvgIpc) is 2.22. The summed E-state index contributed by atoms with van der Waals surface area (Å²) in [6.07, 6.45) is 3.36. The monoisotopic (exact) mass is 200 g/mol. The number of carbonyl (C=O) groups excluding carboxylic acids is 2. The van der Waals surface area contributed by atoms with Crippen LogP contribution in [0.15, 0.2) is 11.6 Å². The van der Waals surface area contributed by atoms with Gasteiger partial charge in [0.1, 0.15) is 0 Å². The molecule has 0 N–H and O–H groups in total. The fourth-order valence-electron chi connectivity index (χ4n) is 0.905. The number of ether oxygens (including phenoxy) is 2. The van der Waals surface area contributed by atoms with Gasteiger partial charge in [-0.15, -0.1) is 0 Å². The van der Waals surface area contributed by atoms with E-state index < -0.39 is 11.9 Å². The molecule has 0 spiro atoms. The first kappa shape index (κ1) is 12.7. The highest BCUT2D eigenvalue weighted by Gasteiger charge is 2.13. The Balaban J connectivity index is 4.39. The number of esters is 2. The molecule has 0 amide bonds. The summed E-state index contributed by atoms with van der Waals surface area (Å²) in [6.45, 7) is 1.99. The Hall–Kier alpha value is -1.32. The Labute approximate surface area is 83.9 Å². The second-order valence-corrected chi connectivity index (χ2v) is 2.76. The van der Waals surface area contributed by atoms with Crippen LogP contribution >= 0.6 is 0 Å². The predicted molar refractivity (Wildman–Crippen MR) is 51.6 cm³/mol. The number of hydrogen-bond acceptors (Lipinski definition) is 4. The van der Waals surface area contributed by atoms with Gasteiger partial charge in [0.15, 0.2) is 0 Å². The lowest BCUT2D eigenvalue weighted by atomic mass is 10.1. The molecule has 0 radical (unpaired) electrons. The van der Waals surface area contributed by atoms with Crippen molar-refractivity contribution in [3.05, 3.63) is 11.6 Å². The van der Waals surface area contributed by atoms with Gasteiger partial charge in [-0.25, -0.2) is 4.79 Å². The lowest BCUT2D eigenvalue weighted by molar-refractivity contribution is -0.143. The number of methoxy groups -OCH3 is 2. The molecule has 80 valence electrons. The van der Waals surface area contributed by atoms with Gasteiger partial charge in [-0.3, -0.25) is 4.79 Å². The van der Waals surface area contributed by atoms with E-state index in [2.05, 4.69) is 9.47 Å². The summed E-state index contributed by atoms with van der Waals surface area (Å²) in [5, 5.41) is 0. The summed E-state index contributed by atoms with van der Waals surface area (Å²) in [7, 11) is 2.58. The van der Waals surface area contributed by atoms with Crippen molar-refractivity contribution in [3.63, 3.8) is 0 Å². The number of carbonyl (C=O) groups is 2. The molecule has 0 heterocycles. The summed E-state index contributed by atoms with van der Waals surface area (Å²) in [4.78, 5) is 22.1. The normalized spacial score (nSPS) is 10.9. The molecule has 0 saturated heterocycles. The van der Waals surface area contributed by atoms with Crippen molar-refractivity contribution in [2.45, 2.75) is 26.2 Å². The molecule has 0 rings (SSSR count). The van der Waals surface area contributed by atoms with E-state index >= 15 is 0 Å². The Morgan fingerprint density at radius 3 is 2.29 bits per heavy atom. The molecule has 0 fully saturated rings. The third-order valence-corrected chi connectivity index (χ3v) is 1.69. The number of allylic oxidation sites excluding steroid dienone is 1. The minimum atomic E-state index is -0.469. The van der Waals surface area contributed by atoms with Crippen LogP contribution in [-0.4, -0.2) is 26.2 Å². The zero-order valence-corrected chi connectivity index (χ0v) is 8.83. The van der Waals surface area contributed by atoms with Crippen LogP contribution in [0.25, 0.3) is 0 Å². The standard InChI is InChI=1S/C10H16O4/c1-4-5-6-8(10(12)14-3)7-9(11)13-2/h6H,4-5,7H2,1-3H3/b8-6+. The molecule has 0 aliphatic heterocycles. The maximum Gasteiger partial charge on any atom is 0.333 e. The number of unbranched alkanes of at least 4 members (excludes halogenated alkanes) is 1. The third-order valence-electron chi connectivity index (χ3n) is 1.69. The molecule has 4 heteroatoms. The summed E-state index contributed by atoms with van der Waals surface area (Å²) in [6, 6.07) is 0. The van der Waals surface area contributed by atoms with E-state index in [1.807, 2.05) is 6.92 Å². The largest absolute Gasteiger partial charge is 0.469 e. The number of hydrogen-bond donors (Lipinski definition) is 0. The first-order valence-electron chi connectivity index (χ1n) is 4.49. The van der Waals surface area contributed by atoms with Crippen LogP contribution in [0.5, 0.6) is 0 Å². The van der Waals surface area contributed by atoms with Gasteiger partial charge in [-0.05, 0) is 6.42 Å². The molecule has 14 heavy (non-hydrogen) atoms. The molecule has 0 aliphatic carbocycles. The van der Waals surface area contributed by atoms with E-state index in [1.54, 1.807) is 6.08 Å². The molecule has 0 aromatic carbocycles. The SMILES string of the molecule is CCC/C=C(\CC(=O)OC)C(=O)OC. The zero-order chi connectivity index (χ0) is 11.0. The minimum absolute atomic E-state index is 0.0246. The average molecular weight is 200 g/mol. The first-order chi connectivity index (χ1) is 6.65. The third kappa shape index (κ3) is 4.64. The van der Waals surface area contributed by atoms with E-state index in [-0.39, 0.29) is 6.42 Å². The van der Waals surface area contributed by atoms with Gasteiger partial charge in [0.05, 0.1) is 20.6 Å². The molecule has 0 bridgehead atoms. The maximum absolute atomic E-state index is 11.2. The van der Waals surface area contributed by atoms with Crippen molar-refractivity contribution in [2.24, 2.45) is 0 Å². The quantitative estimate of drug-likeness (QED) is 0.498. The molecule has 0 aromatic rings. The molecule has 0 aliphatic rings. The van der Waals surface area contributed by atoms with Crippen LogP contribution in [0.1, 0.15) is 26.2 Å². The van der Waals surface area contributed by atoms with Gasteiger partial charge in [-0.2, -0.15) is 0 Å². The van der Waals surface area contributed by atoms with E-state index in [0.29, 0.717) is 5.57 Å². The van der Waals surface area contributed by atoms with E-state index in [0.717, 1.165) is 12.8 Å². The smallest absolute Gasteiger partial charge is 0.333 e. The fourth-order valence-corrected chi connectivity index (χ4v) is 0.905. The molecule has 0 aromatic heterocycles. The molecule has 0 atom stereocenters. The molecular formula is C10H16O4. The lowest BCUT2D eigenvalue weighted by Crippen LogP contribution is -2.11. The van der Waals surface area contributed by atoms with Crippen LogP contribution in [-0.2, 0) is 19.1 Å². The first-order valence-corrected chi connectivity index (χ1v) is 4.49. The van der Waals surface area contributed by atoms with E-state index in [4.69, 9.17) is 0 Å². The van der Waals surface area contributed by atoms with Gasteiger partial charge in [0.2, 0.25) is 0 Å². The highest BCUT2D eigenvalue weighted by Crippen LogP contribution is 2.07. The fraction of sp³-hybridized carbons (Fsp3) is 0.600. The van der Waals surface area contributed by atoms with Crippen molar-refractivity contribution >= 4 is 11.9 Å². The van der Waals surface area contributed by atoms with Crippen LogP contribution in [0.4, 0.5) is 0 Å². The van der Waals surface area contributed by atoms with Gasteiger partial charge < -0.3 is 9.47 Å². The van der Waals surface area contributed by atoms with Gasteiger partial charge in [0.25, 0.3) is 0 Å². The predicted octanol–water partition coefficient (Wildman–Crippen LogP) is 1.45. The van der Waals surface area contributed by atoms with Gasteiger partial charge in [0, 0.05) is 5.57 Å².